The van der Waals surface area contributed by atoms with Crippen molar-refractivity contribution in [3.05, 3.63) is 21.9 Å². The predicted octanol–water partition coefficient (Wildman–Crippen LogP) is 2.32. The van der Waals surface area contributed by atoms with E-state index in [1.54, 1.807) is 0 Å². The zero-order chi connectivity index (χ0) is 14.4. The van der Waals surface area contributed by atoms with Gasteiger partial charge in [-0.3, -0.25) is 14.8 Å². The second-order valence-electron chi connectivity index (χ2n) is 4.50. The summed E-state index contributed by atoms with van der Waals surface area (Å²) in [5, 5.41) is 19.4. The maximum Gasteiger partial charge on any atom is 0.309 e. The normalized spacial score (nSPS) is 13.8. The lowest BCUT2D eigenvalue weighted by Gasteiger charge is -2.27. The number of carboxylic acid groups (broad SMARTS) is 1. The smallest absolute Gasteiger partial charge is 0.309 e. The van der Waals surface area contributed by atoms with Crippen LogP contribution in [0.25, 0.3) is 0 Å². The van der Waals surface area contributed by atoms with E-state index in [0.29, 0.717) is 24.3 Å². The van der Waals surface area contributed by atoms with Crippen molar-refractivity contribution in [2.24, 2.45) is 5.92 Å². The van der Waals surface area contributed by atoms with Gasteiger partial charge in [0, 0.05) is 9.75 Å². The van der Waals surface area contributed by atoms with Crippen LogP contribution >= 0.6 is 11.3 Å². The fraction of sp³-hybridized carbons (Fsp3) is 0.538. The Morgan fingerprint density at radius 3 is 2.63 bits per heavy atom. The number of thiophene rings is 1. The minimum atomic E-state index is -0.995. The lowest BCUT2D eigenvalue weighted by Crippen LogP contribution is -2.42. The molecule has 0 radical (unpaired) electrons. The van der Waals surface area contributed by atoms with Gasteiger partial charge >= 0.3 is 5.97 Å². The summed E-state index contributed by atoms with van der Waals surface area (Å²) < 4.78 is 0. The van der Waals surface area contributed by atoms with Gasteiger partial charge in [0.2, 0.25) is 6.41 Å². The Morgan fingerprint density at radius 2 is 2.21 bits per heavy atom. The molecule has 1 rings (SSSR count). The van der Waals surface area contributed by atoms with Crippen molar-refractivity contribution >= 4 is 23.7 Å². The van der Waals surface area contributed by atoms with Crippen LogP contribution in [0.15, 0.2) is 12.1 Å². The second kappa shape index (κ2) is 7.25. The van der Waals surface area contributed by atoms with Crippen molar-refractivity contribution in [2.75, 3.05) is 0 Å². The lowest BCUT2D eigenvalue weighted by atomic mass is 9.92. The van der Waals surface area contributed by atoms with E-state index in [4.69, 9.17) is 0 Å². The first-order chi connectivity index (χ1) is 8.99. The molecule has 6 heteroatoms. The van der Waals surface area contributed by atoms with Crippen LogP contribution in [0, 0.1) is 12.8 Å². The van der Waals surface area contributed by atoms with Crippen LogP contribution in [0.2, 0.25) is 0 Å². The molecule has 1 aromatic rings. The molecule has 106 valence electrons. The molecule has 0 unspecified atom stereocenters. The molecule has 19 heavy (non-hydrogen) atoms. The van der Waals surface area contributed by atoms with E-state index in [1.807, 2.05) is 26.0 Å². The second-order valence-corrected chi connectivity index (χ2v) is 5.88. The Hall–Kier alpha value is -1.40. The zero-order valence-corrected chi connectivity index (χ0v) is 11.9. The number of carboxylic acids is 1. The molecule has 0 aliphatic carbocycles. The van der Waals surface area contributed by atoms with Gasteiger partial charge in [0.05, 0.1) is 12.0 Å². The van der Waals surface area contributed by atoms with Crippen molar-refractivity contribution in [3.63, 3.8) is 0 Å². The number of aryl methyl sites for hydroxylation is 1. The number of hydrogen-bond donors (Lipinski definition) is 2. The Bertz CT molecular complexity index is 432. The number of hydroxylamine groups is 2. The summed E-state index contributed by atoms with van der Waals surface area (Å²) >= 11 is 1.54. The Morgan fingerprint density at radius 1 is 1.53 bits per heavy atom. The van der Waals surface area contributed by atoms with E-state index in [2.05, 4.69) is 0 Å². The van der Waals surface area contributed by atoms with Crippen LogP contribution in [0.3, 0.4) is 0 Å². The summed E-state index contributed by atoms with van der Waals surface area (Å²) in [6.45, 7) is 3.84. The zero-order valence-electron chi connectivity index (χ0n) is 11.1. The summed E-state index contributed by atoms with van der Waals surface area (Å²) in [7, 11) is 0. The molecule has 5 nitrogen and oxygen atoms in total. The van der Waals surface area contributed by atoms with Gasteiger partial charge < -0.3 is 5.11 Å². The van der Waals surface area contributed by atoms with Crippen molar-refractivity contribution in [2.45, 2.75) is 39.2 Å². The standard InChI is InChI=1S/C13H19NO4S/c1-3-4-12(14(18)8-15)11(13(16)17)7-10-6-5-9(2)19-10/h5-6,8,11-12,18H,3-4,7H2,1-2H3,(H,16,17)/t11-,12+/m1/s1. The fourth-order valence-electron chi connectivity index (χ4n) is 2.09. The number of amides is 1. The van der Waals surface area contributed by atoms with Gasteiger partial charge in [-0.15, -0.1) is 11.3 Å². The van der Waals surface area contributed by atoms with Crippen molar-refractivity contribution in [1.82, 2.24) is 5.06 Å². The molecule has 0 saturated heterocycles. The van der Waals surface area contributed by atoms with E-state index in [9.17, 15) is 19.9 Å². The highest BCUT2D eigenvalue weighted by Crippen LogP contribution is 2.24. The minimum absolute atomic E-state index is 0.274. The Balaban J connectivity index is 2.90. The maximum atomic E-state index is 11.4. The first-order valence-electron chi connectivity index (χ1n) is 6.20. The van der Waals surface area contributed by atoms with Crippen molar-refractivity contribution < 1.29 is 19.9 Å². The van der Waals surface area contributed by atoms with Crippen LogP contribution < -0.4 is 0 Å². The first kappa shape index (κ1) is 15.7. The molecule has 0 aliphatic heterocycles. The average molecular weight is 285 g/mol. The highest BCUT2D eigenvalue weighted by Gasteiger charge is 2.32. The summed E-state index contributed by atoms with van der Waals surface area (Å²) in [4.78, 5) is 24.2. The van der Waals surface area contributed by atoms with Gasteiger partial charge in [0.25, 0.3) is 0 Å². The third-order valence-electron chi connectivity index (χ3n) is 3.03. The molecule has 0 bridgehead atoms. The number of carbonyl (C=O) groups is 2. The molecule has 1 heterocycles. The number of rotatable bonds is 8. The van der Waals surface area contributed by atoms with Crippen molar-refractivity contribution in [1.29, 1.82) is 0 Å². The van der Waals surface area contributed by atoms with E-state index in [-0.39, 0.29) is 6.41 Å². The van der Waals surface area contributed by atoms with Gasteiger partial charge in [-0.05, 0) is 31.9 Å². The molecule has 2 atom stereocenters. The number of aliphatic carboxylic acids is 1. The quantitative estimate of drug-likeness (QED) is 0.436. The van der Waals surface area contributed by atoms with Gasteiger partial charge in [-0.2, -0.15) is 0 Å². The molecule has 0 aliphatic rings. The molecule has 1 aromatic heterocycles. The average Bonchev–Trinajstić information content (AvgIpc) is 2.78. The van der Waals surface area contributed by atoms with E-state index in [1.165, 1.54) is 11.3 Å². The van der Waals surface area contributed by atoms with Crippen LogP contribution in [-0.4, -0.2) is 33.8 Å². The molecular formula is C13H19NO4S. The first-order valence-corrected chi connectivity index (χ1v) is 7.01. The third kappa shape index (κ3) is 4.33. The van der Waals surface area contributed by atoms with Crippen molar-refractivity contribution in [3.8, 4) is 0 Å². The van der Waals surface area contributed by atoms with Crippen LogP contribution in [0.5, 0.6) is 0 Å². The highest BCUT2D eigenvalue weighted by atomic mass is 32.1. The van der Waals surface area contributed by atoms with Crippen LogP contribution in [0.1, 0.15) is 29.5 Å². The number of nitrogens with zero attached hydrogens (tertiary/aromatic N) is 1. The summed E-state index contributed by atoms with van der Waals surface area (Å²) in [6, 6.07) is 3.13. The lowest BCUT2D eigenvalue weighted by molar-refractivity contribution is -0.172. The number of carbonyl (C=O) groups excluding carboxylic acids is 1. The molecule has 0 fully saturated rings. The minimum Gasteiger partial charge on any atom is -0.481 e. The van der Waals surface area contributed by atoms with Gasteiger partial charge in [-0.25, -0.2) is 5.06 Å². The Kier molecular flexibility index (Phi) is 5.98. The van der Waals surface area contributed by atoms with Gasteiger partial charge in [0.1, 0.15) is 0 Å². The Labute approximate surface area is 116 Å². The summed E-state index contributed by atoms with van der Waals surface area (Å²) in [5.41, 5.74) is 0. The molecule has 0 spiro atoms. The van der Waals surface area contributed by atoms with E-state index >= 15 is 0 Å². The predicted molar refractivity (Wildman–Crippen MR) is 72.3 cm³/mol. The third-order valence-corrected chi connectivity index (χ3v) is 4.05. The number of hydrogen-bond acceptors (Lipinski definition) is 4. The summed E-state index contributed by atoms with van der Waals surface area (Å²) in [6.07, 6.45) is 1.75. The molecule has 1 amide bonds. The van der Waals surface area contributed by atoms with E-state index < -0.39 is 17.9 Å². The highest BCUT2D eigenvalue weighted by molar-refractivity contribution is 7.11. The fourth-order valence-corrected chi connectivity index (χ4v) is 3.04. The van der Waals surface area contributed by atoms with Gasteiger partial charge in [0.15, 0.2) is 0 Å². The van der Waals surface area contributed by atoms with E-state index in [0.717, 1.165) is 9.75 Å². The largest absolute Gasteiger partial charge is 0.481 e. The van der Waals surface area contributed by atoms with Gasteiger partial charge in [-0.1, -0.05) is 13.3 Å². The topological polar surface area (TPSA) is 77.8 Å². The van der Waals surface area contributed by atoms with Crippen LogP contribution in [-0.2, 0) is 16.0 Å². The monoisotopic (exact) mass is 285 g/mol. The van der Waals surface area contributed by atoms with Crippen LogP contribution in [0.4, 0.5) is 0 Å². The maximum absolute atomic E-state index is 11.4. The summed E-state index contributed by atoms with van der Waals surface area (Å²) in [5.74, 6) is -1.79. The molecule has 0 saturated carbocycles. The SMILES string of the molecule is CCC[C@@H]([C@@H](Cc1ccc(C)s1)C(=O)O)N(O)C=O. The molecular weight excluding hydrogens is 266 g/mol. The molecule has 2 N–H and O–H groups in total. The molecule has 0 aromatic carbocycles.